The molecule has 0 saturated carbocycles. The van der Waals surface area contributed by atoms with Gasteiger partial charge in [-0.15, -0.1) is 0 Å². The van der Waals surface area contributed by atoms with E-state index in [1.807, 2.05) is 0 Å². The highest BCUT2D eigenvalue weighted by Crippen LogP contribution is 1.94. The SMILES string of the molecule is CCOCC=C(C(=O)O)C(=O)O. The molecule has 0 saturated heterocycles. The summed E-state index contributed by atoms with van der Waals surface area (Å²) in [5, 5.41) is 16.7. The largest absolute Gasteiger partial charge is 0.477 e. The van der Waals surface area contributed by atoms with Crippen molar-refractivity contribution in [2.24, 2.45) is 0 Å². The Morgan fingerprint density at radius 1 is 1.33 bits per heavy atom. The van der Waals surface area contributed by atoms with Gasteiger partial charge < -0.3 is 14.9 Å². The van der Waals surface area contributed by atoms with Gasteiger partial charge in [-0.3, -0.25) is 0 Å². The third-order valence-corrected chi connectivity index (χ3v) is 1.07. The van der Waals surface area contributed by atoms with Gasteiger partial charge in [-0.05, 0) is 13.0 Å². The van der Waals surface area contributed by atoms with Gasteiger partial charge in [0.2, 0.25) is 0 Å². The highest BCUT2D eigenvalue weighted by molar-refractivity contribution is 6.12. The lowest BCUT2D eigenvalue weighted by atomic mass is 10.2. The minimum Gasteiger partial charge on any atom is -0.477 e. The highest BCUT2D eigenvalue weighted by atomic mass is 16.5. The van der Waals surface area contributed by atoms with E-state index in [1.165, 1.54) is 0 Å². The first-order chi connectivity index (χ1) is 5.59. The molecule has 0 aliphatic heterocycles. The molecular formula is C7H10O5. The molecule has 12 heavy (non-hydrogen) atoms. The zero-order valence-corrected chi connectivity index (χ0v) is 6.61. The molecule has 0 aromatic carbocycles. The van der Waals surface area contributed by atoms with Gasteiger partial charge in [0.15, 0.2) is 0 Å². The van der Waals surface area contributed by atoms with Gasteiger partial charge in [0.05, 0.1) is 6.61 Å². The van der Waals surface area contributed by atoms with E-state index in [0.29, 0.717) is 6.61 Å². The van der Waals surface area contributed by atoms with Crippen LogP contribution in [-0.4, -0.2) is 35.4 Å². The number of carbonyl (C=O) groups is 2. The van der Waals surface area contributed by atoms with Gasteiger partial charge >= 0.3 is 11.9 Å². The average Bonchev–Trinajstić information content (AvgIpc) is 1.96. The van der Waals surface area contributed by atoms with Crippen LogP contribution < -0.4 is 0 Å². The molecule has 5 heteroatoms. The van der Waals surface area contributed by atoms with E-state index < -0.39 is 17.5 Å². The molecule has 0 atom stereocenters. The Bertz CT molecular complexity index is 190. The summed E-state index contributed by atoms with van der Waals surface area (Å²) in [6.45, 7) is 2.16. The van der Waals surface area contributed by atoms with Crippen molar-refractivity contribution in [3.05, 3.63) is 11.6 Å². The van der Waals surface area contributed by atoms with Crippen molar-refractivity contribution < 1.29 is 24.5 Å². The molecule has 0 fully saturated rings. The molecule has 0 aromatic rings. The van der Waals surface area contributed by atoms with Crippen molar-refractivity contribution in [2.75, 3.05) is 13.2 Å². The molecular weight excluding hydrogens is 164 g/mol. The maximum Gasteiger partial charge on any atom is 0.342 e. The fourth-order valence-corrected chi connectivity index (χ4v) is 0.526. The van der Waals surface area contributed by atoms with Crippen molar-refractivity contribution in [1.29, 1.82) is 0 Å². The van der Waals surface area contributed by atoms with Crippen LogP contribution in [0.15, 0.2) is 11.6 Å². The predicted octanol–water partition coefficient (Wildman–Crippen LogP) is 0.118. The first kappa shape index (κ1) is 10.6. The van der Waals surface area contributed by atoms with Gasteiger partial charge in [0.25, 0.3) is 0 Å². The first-order valence-corrected chi connectivity index (χ1v) is 3.34. The molecule has 0 radical (unpaired) electrons. The lowest BCUT2D eigenvalue weighted by molar-refractivity contribution is -0.140. The summed E-state index contributed by atoms with van der Waals surface area (Å²) in [5.41, 5.74) is -0.663. The Kier molecular flexibility index (Phi) is 4.71. The molecule has 0 heterocycles. The number of aliphatic carboxylic acids is 2. The van der Waals surface area contributed by atoms with E-state index in [0.717, 1.165) is 6.08 Å². The maximum atomic E-state index is 10.2. The van der Waals surface area contributed by atoms with Crippen molar-refractivity contribution >= 4 is 11.9 Å². The van der Waals surface area contributed by atoms with Crippen LogP contribution in [0.4, 0.5) is 0 Å². The third-order valence-electron chi connectivity index (χ3n) is 1.07. The normalized spacial score (nSPS) is 9.08. The summed E-state index contributed by atoms with van der Waals surface area (Å²) in [6.07, 6.45) is 1.02. The Balaban J connectivity index is 4.20. The van der Waals surface area contributed by atoms with Gasteiger partial charge in [-0.25, -0.2) is 9.59 Å². The van der Waals surface area contributed by atoms with Crippen LogP contribution >= 0.6 is 0 Å². The Labute approximate surface area is 69.3 Å². The average molecular weight is 174 g/mol. The van der Waals surface area contributed by atoms with E-state index in [-0.39, 0.29) is 6.61 Å². The van der Waals surface area contributed by atoms with Crippen molar-refractivity contribution in [2.45, 2.75) is 6.92 Å². The predicted molar refractivity (Wildman–Crippen MR) is 39.8 cm³/mol. The second-order valence-corrected chi connectivity index (χ2v) is 1.89. The molecule has 0 rings (SSSR count). The molecule has 5 nitrogen and oxygen atoms in total. The highest BCUT2D eigenvalue weighted by Gasteiger charge is 2.14. The van der Waals surface area contributed by atoms with Crippen LogP contribution in [0.25, 0.3) is 0 Å². The zero-order valence-electron chi connectivity index (χ0n) is 6.61. The second kappa shape index (κ2) is 5.31. The van der Waals surface area contributed by atoms with Gasteiger partial charge in [0, 0.05) is 6.61 Å². The molecule has 0 aliphatic rings. The quantitative estimate of drug-likeness (QED) is 0.267. The van der Waals surface area contributed by atoms with Gasteiger partial charge in [-0.2, -0.15) is 0 Å². The number of ether oxygens (including phenoxy) is 1. The standard InChI is InChI=1S/C7H10O5/c1-2-12-4-3-5(6(8)9)7(10)11/h3H,2,4H2,1H3,(H,8,9)(H,10,11). The molecule has 68 valence electrons. The van der Waals surface area contributed by atoms with Gasteiger partial charge in [0.1, 0.15) is 5.57 Å². The topological polar surface area (TPSA) is 83.8 Å². The van der Waals surface area contributed by atoms with E-state index >= 15 is 0 Å². The maximum absolute atomic E-state index is 10.2. The van der Waals surface area contributed by atoms with E-state index in [1.54, 1.807) is 6.92 Å². The first-order valence-electron chi connectivity index (χ1n) is 3.34. The number of carboxylic acids is 2. The Morgan fingerprint density at radius 3 is 2.17 bits per heavy atom. The van der Waals surface area contributed by atoms with Crippen molar-refractivity contribution in [1.82, 2.24) is 0 Å². The van der Waals surface area contributed by atoms with E-state index in [4.69, 9.17) is 14.9 Å². The number of carboxylic acid groups (broad SMARTS) is 2. The number of hydrogen-bond acceptors (Lipinski definition) is 3. The molecule has 0 bridgehead atoms. The lowest BCUT2D eigenvalue weighted by Gasteiger charge is -1.96. The zero-order chi connectivity index (χ0) is 9.56. The molecule has 0 amide bonds. The summed E-state index contributed by atoms with van der Waals surface area (Å²) >= 11 is 0. The minimum atomic E-state index is -1.46. The summed E-state index contributed by atoms with van der Waals surface area (Å²) in [6, 6.07) is 0. The van der Waals surface area contributed by atoms with E-state index in [2.05, 4.69) is 0 Å². The van der Waals surface area contributed by atoms with Crippen LogP contribution in [0, 0.1) is 0 Å². The van der Waals surface area contributed by atoms with Crippen LogP contribution in [0.1, 0.15) is 6.92 Å². The van der Waals surface area contributed by atoms with Crippen molar-refractivity contribution in [3.63, 3.8) is 0 Å². The van der Waals surface area contributed by atoms with Crippen LogP contribution in [0.3, 0.4) is 0 Å². The van der Waals surface area contributed by atoms with E-state index in [9.17, 15) is 9.59 Å². The molecule has 0 spiro atoms. The molecule has 0 unspecified atom stereocenters. The summed E-state index contributed by atoms with van der Waals surface area (Å²) in [7, 11) is 0. The second-order valence-electron chi connectivity index (χ2n) is 1.89. The molecule has 0 aromatic heterocycles. The van der Waals surface area contributed by atoms with Crippen LogP contribution in [-0.2, 0) is 14.3 Å². The van der Waals surface area contributed by atoms with Crippen LogP contribution in [0.2, 0.25) is 0 Å². The smallest absolute Gasteiger partial charge is 0.342 e. The fraction of sp³-hybridized carbons (Fsp3) is 0.429. The third kappa shape index (κ3) is 3.72. The van der Waals surface area contributed by atoms with Crippen LogP contribution in [0.5, 0.6) is 0 Å². The van der Waals surface area contributed by atoms with Gasteiger partial charge in [-0.1, -0.05) is 0 Å². The Hall–Kier alpha value is -1.36. The Morgan fingerprint density at radius 2 is 1.83 bits per heavy atom. The molecule has 2 N–H and O–H groups in total. The number of hydrogen-bond donors (Lipinski definition) is 2. The fourth-order valence-electron chi connectivity index (χ4n) is 0.526. The number of rotatable bonds is 5. The monoisotopic (exact) mass is 174 g/mol. The summed E-state index contributed by atoms with van der Waals surface area (Å²) < 4.78 is 4.76. The summed E-state index contributed by atoms with van der Waals surface area (Å²) in [5.74, 6) is -2.91. The lowest BCUT2D eigenvalue weighted by Crippen LogP contribution is -2.12. The van der Waals surface area contributed by atoms with Crippen molar-refractivity contribution in [3.8, 4) is 0 Å². The minimum absolute atomic E-state index is 0.00440. The summed E-state index contributed by atoms with van der Waals surface area (Å²) in [4.78, 5) is 20.5. The molecule has 0 aliphatic carbocycles.